The molecule has 0 aliphatic heterocycles. The number of nitrogens with one attached hydrogen (secondary N) is 1. The Morgan fingerprint density at radius 2 is 1.90 bits per heavy atom. The lowest BCUT2D eigenvalue weighted by molar-refractivity contribution is 0.0946. The van der Waals surface area contributed by atoms with E-state index in [1.54, 1.807) is 7.11 Å². The molecule has 156 valence electrons. The van der Waals surface area contributed by atoms with Gasteiger partial charge in [0.2, 0.25) is 0 Å². The van der Waals surface area contributed by atoms with E-state index >= 15 is 0 Å². The van der Waals surface area contributed by atoms with E-state index in [0.717, 1.165) is 16.9 Å². The average molecular weight is 407 g/mol. The number of carbonyl (C=O) groups excluding carboxylic acids is 1. The molecule has 1 heterocycles. The van der Waals surface area contributed by atoms with Crippen molar-refractivity contribution in [2.45, 2.75) is 19.9 Å². The zero-order valence-corrected chi connectivity index (χ0v) is 17.1. The molecular formula is C23H25N3O4. The highest BCUT2D eigenvalue weighted by Crippen LogP contribution is 2.19. The molecule has 0 aliphatic rings. The summed E-state index contributed by atoms with van der Waals surface area (Å²) in [5, 5.41) is 7.01. The van der Waals surface area contributed by atoms with Gasteiger partial charge in [-0.1, -0.05) is 35.9 Å². The van der Waals surface area contributed by atoms with E-state index in [1.807, 2.05) is 55.5 Å². The van der Waals surface area contributed by atoms with Gasteiger partial charge in [-0.05, 0) is 43.2 Å². The van der Waals surface area contributed by atoms with Crippen LogP contribution in [0.5, 0.6) is 11.5 Å². The molecule has 0 radical (unpaired) electrons. The highest BCUT2D eigenvalue weighted by molar-refractivity contribution is 5.91. The van der Waals surface area contributed by atoms with E-state index in [9.17, 15) is 9.59 Å². The lowest BCUT2D eigenvalue weighted by atomic mass is 10.1. The molecule has 0 aliphatic carbocycles. The highest BCUT2D eigenvalue weighted by Gasteiger charge is 2.10. The van der Waals surface area contributed by atoms with E-state index in [1.165, 1.54) is 16.8 Å². The number of rotatable bonds is 9. The van der Waals surface area contributed by atoms with Gasteiger partial charge >= 0.3 is 0 Å². The standard InChI is InChI=1S/C23H25N3O4/c1-17-8-10-21(29-2)18(16-17)12-13-24-23(28)20-9-11-22(27)26(25-20)14-15-30-19-6-4-3-5-7-19/h3-11,16H,12-15H2,1-2H3,(H,24,28). The Balaban J connectivity index is 1.56. The topological polar surface area (TPSA) is 82.5 Å². The number of methoxy groups -OCH3 is 1. The second-order valence-corrected chi connectivity index (χ2v) is 6.76. The lowest BCUT2D eigenvalue weighted by Crippen LogP contribution is -2.31. The average Bonchev–Trinajstić information content (AvgIpc) is 2.76. The van der Waals surface area contributed by atoms with Crippen molar-refractivity contribution in [3.8, 4) is 11.5 Å². The van der Waals surface area contributed by atoms with Crippen LogP contribution in [0.25, 0.3) is 0 Å². The van der Waals surface area contributed by atoms with Gasteiger partial charge in [-0.15, -0.1) is 0 Å². The number of carbonyl (C=O) groups is 1. The van der Waals surface area contributed by atoms with Crippen LogP contribution < -0.4 is 20.3 Å². The van der Waals surface area contributed by atoms with Crippen LogP contribution in [0.2, 0.25) is 0 Å². The SMILES string of the molecule is COc1ccc(C)cc1CCNC(=O)c1ccc(=O)n(CCOc2ccccc2)n1. The molecule has 7 heteroatoms. The molecule has 0 spiro atoms. The molecule has 0 fully saturated rings. The summed E-state index contributed by atoms with van der Waals surface area (Å²) < 4.78 is 12.2. The molecule has 0 saturated heterocycles. The maximum absolute atomic E-state index is 12.5. The van der Waals surface area contributed by atoms with E-state index in [4.69, 9.17) is 9.47 Å². The first-order valence-electron chi connectivity index (χ1n) is 9.74. The van der Waals surface area contributed by atoms with Crippen molar-refractivity contribution in [3.05, 3.63) is 87.8 Å². The molecule has 2 aromatic carbocycles. The minimum Gasteiger partial charge on any atom is -0.496 e. The predicted molar refractivity (Wildman–Crippen MR) is 114 cm³/mol. The first kappa shape index (κ1) is 21.1. The van der Waals surface area contributed by atoms with Crippen molar-refractivity contribution >= 4 is 5.91 Å². The van der Waals surface area contributed by atoms with E-state index in [-0.39, 0.29) is 30.3 Å². The molecule has 0 atom stereocenters. The van der Waals surface area contributed by atoms with Crippen LogP contribution in [0.3, 0.4) is 0 Å². The van der Waals surface area contributed by atoms with Crippen molar-refractivity contribution in [1.82, 2.24) is 15.1 Å². The number of amides is 1. The zero-order chi connectivity index (χ0) is 21.3. The summed E-state index contributed by atoms with van der Waals surface area (Å²) in [6.45, 7) is 2.96. The van der Waals surface area contributed by atoms with Crippen molar-refractivity contribution in [2.24, 2.45) is 0 Å². The minimum absolute atomic E-state index is 0.186. The number of ether oxygens (including phenoxy) is 2. The van der Waals surface area contributed by atoms with Crippen molar-refractivity contribution < 1.29 is 14.3 Å². The molecule has 1 amide bonds. The first-order chi connectivity index (χ1) is 14.6. The van der Waals surface area contributed by atoms with Crippen LogP contribution in [0, 0.1) is 6.92 Å². The van der Waals surface area contributed by atoms with E-state index in [2.05, 4.69) is 10.4 Å². The predicted octanol–water partition coefficient (Wildman–Crippen LogP) is 2.61. The third kappa shape index (κ3) is 5.70. The maximum atomic E-state index is 12.5. The summed E-state index contributed by atoms with van der Waals surface area (Å²) in [6.07, 6.45) is 0.626. The molecule has 1 aromatic heterocycles. The summed E-state index contributed by atoms with van der Waals surface area (Å²) >= 11 is 0. The van der Waals surface area contributed by atoms with Gasteiger partial charge in [0.05, 0.1) is 13.7 Å². The summed E-state index contributed by atoms with van der Waals surface area (Å²) in [5.74, 6) is 1.17. The van der Waals surface area contributed by atoms with Gasteiger partial charge in [0, 0.05) is 12.6 Å². The van der Waals surface area contributed by atoms with Crippen molar-refractivity contribution in [1.29, 1.82) is 0 Å². The van der Waals surface area contributed by atoms with E-state index < -0.39 is 0 Å². The smallest absolute Gasteiger partial charge is 0.271 e. The second kappa shape index (κ2) is 10.2. The Morgan fingerprint density at radius 1 is 1.10 bits per heavy atom. The van der Waals surface area contributed by atoms with Gasteiger partial charge in [-0.25, -0.2) is 4.68 Å². The normalized spacial score (nSPS) is 10.5. The molecule has 0 bridgehead atoms. The molecule has 30 heavy (non-hydrogen) atoms. The van der Waals surface area contributed by atoms with Crippen LogP contribution in [0.1, 0.15) is 21.6 Å². The molecule has 3 aromatic rings. The van der Waals surface area contributed by atoms with Crippen molar-refractivity contribution in [3.63, 3.8) is 0 Å². The highest BCUT2D eigenvalue weighted by atomic mass is 16.5. The summed E-state index contributed by atoms with van der Waals surface area (Å²) in [6, 6.07) is 18.0. The van der Waals surface area contributed by atoms with Gasteiger partial charge in [-0.2, -0.15) is 5.10 Å². The van der Waals surface area contributed by atoms with Crippen LogP contribution in [0.4, 0.5) is 0 Å². The Labute approximate surface area is 175 Å². The minimum atomic E-state index is -0.334. The van der Waals surface area contributed by atoms with Crippen LogP contribution in [-0.4, -0.2) is 35.9 Å². The summed E-state index contributed by atoms with van der Waals surface area (Å²) in [7, 11) is 1.63. The van der Waals surface area contributed by atoms with E-state index in [0.29, 0.717) is 18.7 Å². The van der Waals surface area contributed by atoms with Gasteiger partial charge in [0.15, 0.2) is 0 Å². The van der Waals surface area contributed by atoms with Gasteiger partial charge in [-0.3, -0.25) is 9.59 Å². The number of para-hydroxylation sites is 1. The first-order valence-corrected chi connectivity index (χ1v) is 9.74. The second-order valence-electron chi connectivity index (χ2n) is 6.76. The summed E-state index contributed by atoms with van der Waals surface area (Å²) in [5.41, 5.74) is 2.05. The molecule has 7 nitrogen and oxygen atoms in total. The Hall–Kier alpha value is -3.61. The van der Waals surface area contributed by atoms with Gasteiger partial charge < -0.3 is 14.8 Å². The fraction of sp³-hybridized carbons (Fsp3) is 0.261. The van der Waals surface area contributed by atoms with Gasteiger partial charge in [0.25, 0.3) is 11.5 Å². The number of aryl methyl sites for hydroxylation is 1. The third-order valence-electron chi connectivity index (χ3n) is 4.53. The zero-order valence-electron chi connectivity index (χ0n) is 17.1. The number of hydrogen-bond acceptors (Lipinski definition) is 5. The molecule has 0 unspecified atom stereocenters. The van der Waals surface area contributed by atoms with Crippen LogP contribution in [0.15, 0.2) is 65.5 Å². The number of benzene rings is 2. The largest absolute Gasteiger partial charge is 0.496 e. The van der Waals surface area contributed by atoms with Crippen molar-refractivity contribution in [2.75, 3.05) is 20.3 Å². The van der Waals surface area contributed by atoms with Crippen LogP contribution in [-0.2, 0) is 13.0 Å². The fourth-order valence-electron chi connectivity index (χ4n) is 3.00. The number of nitrogens with zero attached hydrogens (tertiary/aromatic N) is 2. The quantitative estimate of drug-likeness (QED) is 0.590. The van der Waals surface area contributed by atoms with Gasteiger partial charge in [0.1, 0.15) is 23.8 Å². The maximum Gasteiger partial charge on any atom is 0.271 e. The fourth-order valence-corrected chi connectivity index (χ4v) is 3.00. The van der Waals surface area contributed by atoms with Crippen LogP contribution >= 0.6 is 0 Å². The number of aromatic nitrogens is 2. The lowest BCUT2D eigenvalue weighted by Gasteiger charge is -2.11. The Kier molecular flexibility index (Phi) is 7.21. The Morgan fingerprint density at radius 3 is 2.67 bits per heavy atom. The monoisotopic (exact) mass is 407 g/mol. The molecule has 3 rings (SSSR count). The molecule has 0 saturated carbocycles. The Bertz CT molecular complexity index is 1050. The summed E-state index contributed by atoms with van der Waals surface area (Å²) in [4.78, 5) is 24.5. The molecular weight excluding hydrogens is 382 g/mol. The molecule has 1 N–H and O–H groups in total. The number of hydrogen-bond donors (Lipinski definition) is 1. The third-order valence-corrected chi connectivity index (χ3v) is 4.53.